The highest BCUT2D eigenvalue weighted by molar-refractivity contribution is 6.18. The molecule has 152 valence electrons. The summed E-state index contributed by atoms with van der Waals surface area (Å²) in [5, 5.41) is 6.77. The summed E-state index contributed by atoms with van der Waals surface area (Å²) in [5.74, 6) is -0.671. The number of benzene rings is 3. The van der Waals surface area contributed by atoms with Crippen LogP contribution in [0.15, 0.2) is 90.1 Å². The van der Waals surface area contributed by atoms with Gasteiger partial charge in [0.2, 0.25) is 0 Å². The highest BCUT2D eigenvalue weighted by atomic mass is 16.5. The number of nitrogens with zero attached hydrogens (tertiary/aromatic N) is 1. The maximum Gasteiger partial charge on any atom is 0.339 e. The highest BCUT2D eigenvalue weighted by Gasteiger charge is 2.59. The molecule has 0 fully saturated rings. The van der Waals surface area contributed by atoms with Gasteiger partial charge in [-0.05, 0) is 23.8 Å². The summed E-state index contributed by atoms with van der Waals surface area (Å²) in [4.78, 5) is 28.9. The van der Waals surface area contributed by atoms with Gasteiger partial charge in [-0.15, -0.1) is 0 Å². The number of rotatable bonds is 2. The molecule has 3 aromatic carbocycles. The van der Waals surface area contributed by atoms with E-state index in [2.05, 4.69) is 10.6 Å². The molecule has 2 N–H and O–H groups in total. The van der Waals surface area contributed by atoms with Gasteiger partial charge < -0.3 is 20.3 Å². The minimum Gasteiger partial charge on any atom is -0.456 e. The summed E-state index contributed by atoms with van der Waals surface area (Å²) < 4.78 is 5.39. The zero-order valence-corrected chi connectivity index (χ0v) is 16.6. The number of nitrogens with one attached hydrogen (secondary N) is 2. The van der Waals surface area contributed by atoms with E-state index in [-0.39, 0.29) is 12.5 Å². The summed E-state index contributed by atoms with van der Waals surface area (Å²) in [5.41, 5.74) is 3.71. The molecular formula is C25H19N3O3. The number of amides is 1. The predicted octanol–water partition coefficient (Wildman–Crippen LogP) is 3.78. The molecule has 1 atom stereocenters. The first-order valence-electron chi connectivity index (χ1n) is 10.2. The molecule has 3 aromatic rings. The molecular weight excluding hydrogens is 390 g/mol. The minimum absolute atomic E-state index is 0.111. The van der Waals surface area contributed by atoms with Crippen molar-refractivity contribution in [2.24, 2.45) is 0 Å². The summed E-state index contributed by atoms with van der Waals surface area (Å²) in [6.45, 7) is 0.521. The maximum atomic E-state index is 14.2. The number of fused-ring (bicyclic) bond motifs is 4. The molecule has 1 spiro atoms. The average molecular weight is 409 g/mol. The van der Waals surface area contributed by atoms with Crippen LogP contribution in [0.4, 0.5) is 17.1 Å². The van der Waals surface area contributed by atoms with E-state index in [0.717, 1.165) is 28.2 Å². The van der Waals surface area contributed by atoms with E-state index in [1.165, 1.54) is 0 Å². The number of ether oxygens (including phenoxy) is 1. The lowest BCUT2D eigenvalue weighted by atomic mass is 9.82. The molecule has 0 saturated heterocycles. The monoisotopic (exact) mass is 409 g/mol. The van der Waals surface area contributed by atoms with Gasteiger partial charge in [-0.3, -0.25) is 4.79 Å². The molecule has 0 aromatic heterocycles. The van der Waals surface area contributed by atoms with Gasteiger partial charge in [-0.2, -0.15) is 0 Å². The zero-order valence-electron chi connectivity index (χ0n) is 16.6. The Labute approximate surface area is 179 Å². The van der Waals surface area contributed by atoms with Gasteiger partial charge in [0.1, 0.15) is 6.61 Å². The Kier molecular flexibility index (Phi) is 3.71. The van der Waals surface area contributed by atoms with Crippen LogP contribution in [0.5, 0.6) is 0 Å². The van der Waals surface area contributed by atoms with Crippen molar-refractivity contribution in [2.45, 2.75) is 12.1 Å². The quantitative estimate of drug-likeness (QED) is 0.631. The standard InChI is InChI=1S/C25H19N3O3/c29-23-22-20(15-31-23)26-18-11-5-6-12-19(18)27-25(22)17-10-4-7-13-21(17)28(24(25)30)14-16-8-2-1-3-9-16/h1-13,26-27H,14-15H2. The number of carbonyl (C=O) groups excluding carboxylic acids is 2. The predicted molar refractivity (Wildman–Crippen MR) is 117 cm³/mol. The lowest BCUT2D eigenvalue weighted by Crippen LogP contribution is -2.48. The molecule has 3 aliphatic rings. The van der Waals surface area contributed by atoms with Crippen LogP contribution in [-0.4, -0.2) is 18.5 Å². The Morgan fingerprint density at radius 2 is 1.58 bits per heavy atom. The number of esters is 1. The van der Waals surface area contributed by atoms with E-state index in [4.69, 9.17) is 4.74 Å². The van der Waals surface area contributed by atoms with Crippen molar-refractivity contribution in [3.63, 3.8) is 0 Å². The second kappa shape index (κ2) is 6.47. The first-order valence-corrected chi connectivity index (χ1v) is 10.2. The van der Waals surface area contributed by atoms with Gasteiger partial charge in [0.25, 0.3) is 5.91 Å². The Hall–Kier alpha value is -4.06. The zero-order chi connectivity index (χ0) is 21.0. The molecule has 0 radical (unpaired) electrons. The van der Waals surface area contributed by atoms with Gasteiger partial charge in [0.15, 0.2) is 5.54 Å². The van der Waals surface area contributed by atoms with Crippen molar-refractivity contribution in [1.82, 2.24) is 0 Å². The molecule has 6 rings (SSSR count). The third-order valence-corrected chi connectivity index (χ3v) is 6.11. The van der Waals surface area contributed by atoms with Crippen LogP contribution in [0.2, 0.25) is 0 Å². The Balaban J connectivity index is 1.59. The molecule has 3 aliphatic heterocycles. The summed E-state index contributed by atoms with van der Waals surface area (Å²) in [6, 6.07) is 25.1. The number of cyclic esters (lactones) is 1. The van der Waals surface area contributed by atoms with Gasteiger partial charge in [0.05, 0.1) is 34.9 Å². The number of carbonyl (C=O) groups is 2. The van der Waals surface area contributed by atoms with Gasteiger partial charge in [-0.1, -0.05) is 60.7 Å². The normalized spacial score (nSPS) is 21.1. The average Bonchev–Trinajstić information content (AvgIpc) is 3.20. The molecule has 0 bridgehead atoms. The summed E-state index contributed by atoms with van der Waals surface area (Å²) in [6.07, 6.45) is 0. The third kappa shape index (κ3) is 2.45. The van der Waals surface area contributed by atoms with E-state index >= 15 is 0 Å². The van der Waals surface area contributed by atoms with Crippen molar-refractivity contribution < 1.29 is 14.3 Å². The van der Waals surface area contributed by atoms with E-state index in [1.807, 2.05) is 78.9 Å². The van der Waals surface area contributed by atoms with Crippen LogP contribution in [0.3, 0.4) is 0 Å². The fourth-order valence-corrected chi connectivity index (χ4v) is 4.75. The maximum absolute atomic E-state index is 14.2. The van der Waals surface area contributed by atoms with Crippen LogP contribution in [-0.2, 0) is 26.4 Å². The molecule has 6 heteroatoms. The molecule has 1 amide bonds. The van der Waals surface area contributed by atoms with Crippen LogP contribution in [0.1, 0.15) is 11.1 Å². The number of hydrogen-bond donors (Lipinski definition) is 2. The molecule has 31 heavy (non-hydrogen) atoms. The minimum atomic E-state index is -1.35. The van der Waals surface area contributed by atoms with Crippen LogP contribution < -0.4 is 15.5 Å². The van der Waals surface area contributed by atoms with Crippen LogP contribution in [0.25, 0.3) is 0 Å². The molecule has 6 nitrogen and oxygen atoms in total. The molecule has 3 heterocycles. The Morgan fingerprint density at radius 1 is 0.871 bits per heavy atom. The molecule has 1 unspecified atom stereocenters. The van der Waals surface area contributed by atoms with Crippen molar-refractivity contribution in [3.05, 3.63) is 101 Å². The van der Waals surface area contributed by atoms with E-state index in [0.29, 0.717) is 17.8 Å². The van der Waals surface area contributed by atoms with Gasteiger partial charge in [0, 0.05) is 5.56 Å². The number of hydrogen-bond acceptors (Lipinski definition) is 5. The van der Waals surface area contributed by atoms with E-state index in [9.17, 15) is 9.59 Å². The van der Waals surface area contributed by atoms with Crippen LogP contribution in [0, 0.1) is 0 Å². The highest BCUT2D eigenvalue weighted by Crippen LogP contribution is 2.51. The van der Waals surface area contributed by atoms with Gasteiger partial charge >= 0.3 is 5.97 Å². The van der Waals surface area contributed by atoms with Crippen LogP contribution >= 0.6 is 0 Å². The van der Waals surface area contributed by atoms with Crippen molar-refractivity contribution >= 4 is 28.9 Å². The summed E-state index contributed by atoms with van der Waals surface area (Å²) >= 11 is 0. The van der Waals surface area contributed by atoms with E-state index in [1.54, 1.807) is 4.90 Å². The van der Waals surface area contributed by atoms with Crippen molar-refractivity contribution in [1.29, 1.82) is 0 Å². The van der Waals surface area contributed by atoms with Crippen molar-refractivity contribution in [2.75, 3.05) is 22.1 Å². The third-order valence-electron chi connectivity index (χ3n) is 6.11. The molecule has 0 aliphatic carbocycles. The smallest absolute Gasteiger partial charge is 0.339 e. The lowest BCUT2D eigenvalue weighted by molar-refractivity contribution is -0.137. The topological polar surface area (TPSA) is 70.7 Å². The Bertz CT molecular complexity index is 1270. The number of para-hydroxylation sites is 3. The fourth-order valence-electron chi connectivity index (χ4n) is 4.75. The largest absolute Gasteiger partial charge is 0.456 e. The van der Waals surface area contributed by atoms with E-state index < -0.39 is 11.5 Å². The number of anilines is 3. The summed E-state index contributed by atoms with van der Waals surface area (Å²) in [7, 11) is 0. The first kappa shape index (κ1) is 17.8. The Morgan fingerprint density at radius 3 is 2.42 bits per heavy atom. The fraction of sp³-hybridized carbons (Fsp3) is 0.120. The first-order chi connectivity index (χ1) is 15.2. The van der Waals surface area contributed by atoms with Gasteiger partial charge in [-0.25, -0.2) is 4.79 Å². The second-order valence-electron chi connectivity index (χ2n) is 7.87. The second-order valence-corrected chi connectivity index (χ2v) is 7.87. The SMILES string of the molecule is O=C1OCC2=C1C1(Nc3ccccc3N2)C(=O)N(Cc2ccccc2)c2ccccc21. The molecule has 0 saturated carbocycles. The lowest BCUT2D eigenvalue weighted by Gasteiger charge is -2.30. The van der Waals surface area contributed by atoms with Crippen molar-refractivity contribution in [3.8, 4) is 0 Å².